The highest BCUT2D eigenvalue weighted by molar-refractivity contribution is 14.0. The number of hydrogen-bond acceptors (Lipinski definition) is 2. The summed E-state index contributed by atoms with van der Waals surface area (Å²) in [5.41, 5.74) is 2.18. The van der Waals surface area contributed by atoms with Crippen LogP contribution in [0.1, 0.15) is 29.7 Å². The lowest BCUT2D eigenvalue weighted by molar-refractivity contribution is -0.120. The molecule has 0 saturated carbocycles. The predicted molar refractivity (Wildman–Crippen MR) is 123 cm³/mol. The van der Waals surface area contributed by atoms with E-state index in [-0.39, 0.29) is 54.0 Å². The van der Waals surface area contributed by atoms with Crippen molar-refractivity contribution in [1.82, 2.24) is 16.0 Å². The molecule has 2 rings (SSSR count). The Morgan fingerprint density at radius 1 is 1.07 bits per heavy atom. The van der Waals surface area contributed by atoms with Crippen LogP contribution in [0.15, 0.2) is 47.5 Å². The van der Waals surface area contributed by atoms with Crippen LogP contribution >= 0.6 is 24.0 Å². The number of nitrogens with zero attached hydrogens (tertiary/aromatic N) is 1. The summed E-state index contributed by atoms with van der Waals surface area (Å²) in [5.74, 6) is -0.145. The largest absolute Gasteiger partial charge is 0.355 e. The number of benzene rings is 2. The standard InChI is InChI=1S/C21H26F2N4O.HI/c1-14-4-7-17(13-19(14)23)15(2)27-21(24-3)26-11-10-25-20(28)12-16-5-8-18(22)9-6-16;/h4-9,13,15H,10-12H2,1-3H3,(H,25,28)(H2,24,26,27);1H. The fraction of sp³-hybridized carbons (Fsp3) is 0.333. The van der Waals surface area contributed by atoms with E-state index in [4.69, 9.17) is 0 Å². The molecule has 0 saturated heterocycles. The lowest BCUT2D eigenvalue weighted by Crippen LogP contribution is -2.42. The molecule has 1 unspecified atom stereocenters. The van der Waals surface area contributed by atoms with Gasteiger partial charge < -0.3 is 16.0 Å². The number of hydrogen-bond donors (Lipinski definition) is 3. The van der Waals surface area contributed by atoms with Crippen LogP contribution in [-0.2, 0) is 11.2 Å². The summed E-state index contributed by atoms with van der Waals surface area (Å²) in [6, 6.07) is 10.9. The summed E-state index contributed by atoms with van der Waals surface area (Å²) in [6.07, 6.45) is 0.198. The van der Waals surface area contributed by atoms with E-state index in [9.17, 15) is 13.6 Å². The van der Waals surface area contributed by atoms with Gasteiger partial charge in [0.1, 0.15) is 11.6 Å². The predicted octanol–water partition coefficient (Wildman–Crippen LogP) is 3.48. The number of aliphatic imine (C=N–C) groups is 1. The molecule has 0 aliphatic rings. The Labute approximate surface area is 187 Å². The van der Waals surface area contributed by atoms with E-state index in [2.05, 4.69) is 20.9 Å². The maximum absolute atomic E-state index is 13.7. The second-order valence-electron chi connectivity index (χ2n) is 6.53. The third kappa shape index (κ3) is 8.35. The number of guanidine groups is 1. The van der Waals surface area contributed by atoms with Gasteiger partial charge >= 0.3 is 0 Å². The summed E-state index contributed by atoms with van der Waals surface area (Å²) < 4.78 is 26.6. The first kappa shape index (κ1) is 24.8. The Morgan fingerprint density at radius 2 is 1.72 bits per heavy atom. The number of nitrogens with one attached hydrogen (secondary N) is 3. The molecule has 2 aromatic carbocycles. The SMILES string of the molecule is CN=C(NCCNC(=O)Cc1ccc(F)cc1)NC(C)c1ccc(C)c(F)c1.I. The molecule has 0 aliphatic heterocycles. The average molecular weight is 516 g/mol. The topological polar surface area (TPSA) is 65.5 Å². The number of carbonyl (C=O) groups excluding carboxylic acids is 1. The zero-order valence-electron chi connectivity index (χ0n) is 16.8. The zero-order chi connectivity index (χ0) is 20.5. The van der Waals surface area contributed by atoms with Gasteiger partial charge in [0.2, 0.25) is 5.91 Å². The number of amides is 1. The van der Waals surface area contributed by atoms with Gasteiger partial charge in [-0.3, -0.25) is 9.79 Å². The van der Waals surface area contributed by atoms with Gasteiger partial charge in [0, 0.05) is 20.1 Å². The van der Waals surface area contributed by atoms with E-state index in [1.165, 1.54) is 18.2 Å². The van der Waals surface area contributed by atoms with Crippen molar-refractivity contribution in [1.29, 1.82) is 0 Å². The average Bonchev–Trinajstić information content (AvgIpc) is 2.68. The molecular formula is C21H27F2IN4O. The van der Waals surface area contributed by atoms with Crippen molar-refractivity contribution in [3.8, 4) is 0 Å². The maximum Gasteiger partial charge on any atom is 0.224 e. The zero-order valence-corrected chi connectivity index (χ0v) is 19.1. The minimum absolute atomic E-state index is 0. The molecule has 0 aliphatic carbocycles. The van der Waals surface area contributed by atoms with Crippen molar-refractivity contribution < 1.29 is 13.6 Å². The highest BCUT2D eigenvalue weighted by Crippen LogP contribution is 2.16. The fourth-order valence-electron chi connectivity index (χ4n) is 2.59. The summed E-state index contributed by atoms with van der Waals surface area (Å²) in [4.78, 5) is 16.1. The van der Waals surface area contributed by atoms with Crippen molar-refractivity contribution in [3.05, 3.63) is 70.8 Å². The second kappa shape index (κ2) is 12.4. The molecule has 29 heavy (non-hydrogen) atoms. The Kier molecular flexibility index (Phi) is 10.6. The van der Waals surface area contributed by atoms with E-state index in [1.807, 2.05) is 13.0 Å². The first-order valence-corrected chi connectivity index (χ1v) is 9.13. The van der Waals surface area contributed by atoms with E-state index in [0.717, 1.165) is 11.1 Å². The smallest absolute Gasteiger partial charge is 0.224 e. The maximum atomic E-state index is 13.7. The quantitative estimate of drug-likeness (QED) is 0.229. The number of rotatable bonds is 7. The number of halogens is 3. The van der Waals surface area contributed by atoms with Crippen LogP contribution in [0, 0.1) is 18.6 Å². The molecule has 0 spiro atoms. The van der Waals surface area contributed by atoms with Gasteiger partial charge in [-0.1, -0.05) is 24.3 Å². The first-order valence-electron chi connectivity index (χ1n) is 9.13. The van der Waals surface area contributed by atoms with Gasteiger partial charge in [-0.2, -0.15) is 0 Å². The van der Waals surface area contributed by atoms with Crippen LogP contribution in [0.3, 0.4) is 0 Å². The summed E-state index contributed by atoms with van der Waals surface area (Å²) in [5, 5.41) is 9.09. The van der Waals surface area contributed by atoms with E-state index >= 15 is 0 Å². The van der Waals surface area contributed by atoms with Gasteiger partial charge in [-0.25, -0.2) is 8.78 Å². The van der Waals surface area contributed by atoms with Crippen molar-refractivity contribution >= 4 is 35.8 Å². The second-order valence-corrected chi connectivity index (χ2v) is 6.53. The third-order valence-electron chi connectivity index (χ3n) is 4.29. The van der Waals surface area contributed by atoms with Crippen molar-refractivity contribution in [2.24, 2.45) is 4.99 Å². The van der Waals surface area contributed by atoms with Gasteiger partial charge in [0.05, 0.1) is 12.5 Å². The van der Waals surface area contributed by atoms with Gasteiger partial charge in [0.25, 0.3) is 0 Å². The van der Waals surface area contributed by atoms with Gasteiger partial charge in [-0.05, 0) is 48.7 Å². The van der Waals surface area contributed by atoms with Gasteiger partial charge in [-0.15, -0.1) is 24.0 Å². The molecular weight excluding hydrogens is 489 g/mol. The van der Waals surface area contributed by atoms with E-state index in [1.54, 1.807) is 32.2 Å². The van der Waals surface area contributed by atoms with Crippen LogP contribution in [0.25, 0.3) is 0 Å². The molecule has 0 heterocycles. The molecule has 5 nitrogen and oxygen atoms in total. The monoisotopic (exact) mass is 516 g/mol. The van der Waals surface area contributed by atoms with Crippen LogP contribution in [0.5, 0.6) is 0 Å². The highest BCUT2D eigenvalue weighted by atomic mass is 127. The van der Waals surface area contributed by atoms with Crippen LogP contribution in [-0.4, -0.2) is 32.0 Å². The van der Waals surface area contributed by atoms with E-state index in [0.29, 0.717) is 24.6 Å². The fourth-order valence-corrected chi connectivity index (χ4v) is 2.59. The molecule has 0 aromatic heterocycles. The molecule has 1 atom stereocenters. The highest BCUT2D eigenvalue weighted by Gasteiger charge is 2.10. The molecule has 0 radical (unpaired) electrons. The third-order valence-corrected chi connectivity index (χ3v) is 4.29. The molecule has 1 amide bonds. The lowest BCUT2D eigenvalue weighted by Gasteiger charge is -2.19. The number of carbonyl (C=O) groups is 1. The van der Waals surface area contributed by atoms with Crippen LogP contribution in [0.2, 0.25) is 0 Å². The summed E-state index contributed by atoms with van der Waals surface area (Å²) in [7, 11) is 1.64. The van der Waals surface area contributed by atoms with E-state index < -0.39 is 0 Å². The van der Waals surface area contributed by atoms with Crippen molar-refractivity contribution in [3.63, 3.8) is 0 Å². The van der Waals surface area contributed by atoms with Crippen molar-refractivity contribution in [2.45, 2.75) is 26.3 Å². The molecule has 0 bridgehead atoms. The Hall–Kier alpha value is -2.23. The molecule has 0 fully saturated rings. The Bertz CT molecular complexity index is 828. The Balaban J connectivity index is 0.00000420. The molecule has 8 heteroatoms. The molecule has 2 aromatic rings. The molecule has 158 valence electrons. The van der Waals surface area contributed by atoms with Crippen LogP contribution in [0.4, 0.5) is 8.78 Å². The minimum atomic E-state index is -0.324. The van der Waals surface area contributed by atoms with Crippen molar-refractivity contribution in [2.75, 3.05) is 20.1 Å². The van der Waals surface area contributed by atoms with Gasteiger partial charge in [0.15, 0.2) is 5.96 Å². The van der Waals surface area contributed by atoms with Crippen LogP contribution < -0.4 is 16.0 Å². The normalized spacial score (nSPS) is 12.0. The Morgan fingerprint density at radius 3 is 2.34 bits per heavy atom. The summed E-state index contributed by atoms with van der Waals surface area (Å²) in [6.45, 7) is 4.53. The number of aryl methyl sites for hydroxylation is 1. The minimum Gasteiger partial charge on any atom is -0.355 e. The lowest BCUT2D eigenvalue weighted by atomic mass is 10.1. The summed E-state index contributed by atoms with van der Waals surface area (Å²) >= 11 is 0. The molecule has 3 N–H and O–H groups in total. The first-order chi connectivity index (χ1) is 13.4.